The molecule has 2 rings (SSSR count). The van der Waals surface area contributed by atoms with Crippen LogP contribution >= 0.6 is 15.9 Å². The summed E-state index contributed by atoms with van der Waals surface area (Å²) in [6, 6.07) is 8.54. The molecule has 0 amide bonds. The molecule has 104 valence electrons. The summed E-state index contributed by atoms with van der Waals surface area (Å²) in [6.45, 7) is 1.79. The van der Waals surface area contributed by atoms with E-state index in [4.69, 9.17) is 4.74 Å². The van der Waals surface area contributed by atoms with Crippen LogP contribution in [0, 0.1) is 22.9 Å². The van der Waals surface area contributed by atoms with Crippen molar-refractivity contribution >= 4 is 21.6 Å². The van der Waals surface area contributed by atoms with Gasteiger partial charge in [-0.25, -0.2) is 4.39 Å². The number of ether oxygens (including phenoxy) is 1. The summed E-state index contributed by atoms with van der Waals surface area (Å²) in [5.41, 5.74) is 1.35. The summed E-state index contributed by atoms with van der Waals surface area (Å²) in [5, 5.41) is 11.2. The van der Waals surface area contributed by atoms with Gasteiger partial charge in [0.1, 0.15) is 17.3 Å². The number of nitro groups is 1. The Balaban J connectivity index is 2.39. The number of aryl methyl sites for hydroxylation is 1. The zero-order valence-corrected chi connectivity index (χ0v) is 12.2. The van der Waals surface area contributed by atoms with E-state index in [1.54, 1.807) is 13.0 Å². The fourth-order valence-corrected chi connectivity index (χ4v) is 2.12. The number of benzene rings is 2. The molecule has 0 unspecified atom stereocenters. The maximum Gasteiger partial charge on any atom is 0.273 e. The van der Waals surface area contributed by atoms with Crippen LogP contribution in [0.2, 0.25) is 0 Å². The van der Waals surface area contributed by atoms with E-state index < -0.39 is 4.92 Å². The van der Waals surface area contributed by atoms with Gasteiger partial charge < -0.3 is 4.74 Å². The van der Waals surface area contributed by atoms with E-state index in [-0.39, 0.29) is 11.5 Å². The number of hydrogen-bond acceptors (Lipinski definition) is 3. The first-order valence-electron chi connectivity index (χ1n) is 5.78. The monoisotopic (exact) mass is 339 g/mol. The molecule has 0 atom stereocenters. The van der Waals surface area contributed by atoms with Crippen LogP contribution in [-0.2, 0) is 5.33 Å². The molecule has 0 N–H and O–H groups in total. The Morgan fingerprint density at radius 3 is 2.65 bits per heavy atom. The van der Waals surface area contributed by atoms with Crippen molar-refractivity contribution in [2.24, 2.45) is 0 Å². The number of non-ortho nitro benzene ring substituents is 1. The molecule has 4 nitrogen and oxygen atoms in total. The molecule has 0 spiro atoms. The molecular formula is C14H11BrFNO3. The Hall–Kier alpha value is -1.95. The third-order valence-corrected chi connectivity index (χ3v) is 3.37. The highest BCUT2D eigenvalue weighted by Gasteiger charge is 2.12. The Bertz CT molecular complexity index is 661. The average Bonchev–Trinajstić information content (AvgIpc) is 2.42. The molecule has 0 aliphatic rings. The average molecular weight is 340 g/mol. The minimum Gasteiger partial charge on any atom is -0.457 e. The number of hydrogen-bond donors (Lipinski definition) is 0. The molecule has 0 saturated carbocycles. The van der Waals surface area contributed by atoms with Crippen molar-refractivity contribution in [2.75, 3.05) is 0 Å². The molecule has 0 radical (unpaired) electrons. The first-order chi connectivity index (χ1) is 9.51. The normalized spacial score (nSPS) is 10.3. The van der Waals surface area contributed by atoms with E-state index in [9.17, 15) is 14.5 Å². The molecule has 0 heterocycles. The fraction of sp³-hybridized carbons (Fsp3) is 0.143. The standard InChI is InChI=1S/C14H11BrFNO3/c1-9-2-4-12(17(18)19)7-14(9)20-13-5-3-11(16)6-10(13)8-15/h2-7H,8H2,1H3. The van der Waals surface area contributed by atoms with Gasteiger partial charge in [0.05, 0.1) is 11.0 Å². The lowest BCUT2D eigenvalue weighted by Gasteiger charge is -2.11. The lowest BCUT2D eigenvalue weighted by atomic mass is 10.2. The smallest absolute Gasteiger partial charge is 0.273 e. The van der Waals surface area contributed by atoms with Crippen molar-refractivity contribution in [3.63, 3.8) is 0 Å². The predicted octanol–water partition coefficient (Wildman–Crippen LogP) is 4.73. The molecular weight excluding hydrogens is 329 g/mol. The van der Waals surface area contributed by atoms with Gasteiger partial charge in [-0.15, -0.1) is 0 Å². The number of rotatable bonds is 4. The topological polar surface area (TPSA) is 52.4 Å². The second-order valence-electron chi connectivity index (χ2n) is 4.19. The second kappa shape index (κ2) is 6.00. The second-order valence-corrected chi connectivity index (χ2v) is 4.76. The van der Waals surface area contributed by atoms with Gasteiger partial charge in [-0.05, 0) is 36.8 Å². The number of nitrogens with zero attached hydrogens (tertiary/aromatic N) is 1. The zero-order valence-electron chi connectivity index (χ0n) is 10.6. The van der Waals surface area contributed by atoms with Crippen molar-refractivity contribution in [3.05, 3.63) is 63.5 Å². The van der Waals surface area contributed by atoms with Gasteiger partial charge in [-0.2, -0.15) is 0 Å². The van der Waals surface area contributed by atoms with Crippen LogP contribution in [0.15, 0.2) is 36.4 Å². The maximum absolute atomic E-state index is 13.2. The molecule has 0 aliphatic heterocycles. The molecule has 0 bridgehead atoms. The molecule has 0 aliphatic carbocycles. The van der Waals surface area contributed by atoms with Crippen molar-refractivity contribution < 1.29 is 14.1 Å². The highest BCUT2D eigenvalue weighted by molar-refractivity contribution is 9.08. The van der Waals surface area contributed by atoms with E-state index in [2.05, 4.69) is 15.9 Å². The maximum atomic E-state index is 13.2. The SMILES string of the molecule is Cc1ccc([N+](=O)[O-])cc1Oc1ccc(F)cc1CBr. The van der Waals surface area contributed by atoms with E-state index in [0.29, 0.717) is 22.4 Å². The van der Waals surface area contributed by atoms with Crippen LogP contribution in [0.3, 0.4) is 0 Å². The number of alkyl halides is 1. The molecule has 20 heavy (non-hydrogen) atoms. The van der Waals surface area contributed by atoms with Gasteiger partial charge in [0, 0.05) is 17.0 Å². The summed E-state index contributed by atoms with van der Waals surface area (Å²) in [5.74, 6) is 0.488. The van der Waals surface area contributed by atoms with Crippen LogP contribution in [0.4, 0.5) is 10.1 Å². The molecule has 2 aromatic rings. The first kappa shape index (κ1) is 14.5. The van der Waals surface area contributed by atoms with Crippen molar-refractivity contribution in [1.82, 2.24) is 0 Å². The fourth-order valence-electron chi connectivity index (χ4n) is 1.68. The molecule has 0 saturated heterocycles. The van der Waals surface area contributed by atoms with Gasteiger partial charge >= 0.3 is 0 Å². The predicted molar refractivity (Wildman–Crippen MR) is 76.9 cm³/mol. The third kappa shape index (κ3) is 3.14. The lowest BCUT2D eigenvalue weighted by Crippen LogP contribution is -1.94. The summed E-state index contributed by atoms with van der Waals surface area (Å²) in [7, 11) is 0. The third-order valence-electron chi connectivity index (χ3n) is 2.77. The van der Waals surface area contributed by atoms with E-state index >= 15 is 0 Å². The quantitative estimate of drug-likeness (QED) is 0.459. The van der Waals surface area contributed by atoms with Crippen LogP contribution in [0.5, 0.6) is 11.5 Å². The van der Waals surface area contributed by atoms with Gasteiger partial charge in [-0.3, -0.25) is 10.1 Å². The van der Waals surface area contributed by atoms with Crippen molar-refractivity contribution in [3.8, 4) is 11.5 Å². The minimum absolute atomic E-state index is 0.0481. The lowest BCUT2D eigenvalue weighted by molar-refractivity contribution is -0.384. The summed E-state index contributed by atoms with van der Waals surface area (Å²) >= 11 is 3.26. The molecule has 6 heteroatoms. The first-order valence-corrected chi connectivity index (χ1v) is 6.90. The largest absolute Gasteiger partial charge is 0.457 e. The number of halogens is 2. The molecule has 0 fully saturated rings. The Kier molecular flexibility index (Phi) is 4.34. The molecule has 0 aromatic heterocycles. The van der Waals surface area contributed by atoms with E-state index in [0.717, 1.165) is 5.56 Å². The highest BCUT2D eigenvalue weighted by atomic mass is 79.9. The zero-order chi connectivity index (χ0) is 14.7. The van der Waals surface area contributed by atoms with Crippen LogP contribution in [-0.4, -0.2) is 4.92 Å². The highest BCUT2D eigenvalue weighted by Crippen LogP contribution is 2.32. The summed E-state index contributed by atoms with van der Waals surface area (Å²) < 4.78 is 18.8. The van der Waals surface area contributed by atoms with Gasteiger partial charge in [0.25, 0.3) is 5.69 Å². The molecule has 2 aromatic carbocycles. The van der Waals surface area contributed by atoms with Crippen molar-refractivity contribution in [1.29, 1.82) is 0 Å². The van der Waals surface area contributed by atoms with Crippen LogP contribution in [0.25, 0.3) is 0 Å². The minimum atomic E-state index is -0.484. The Morgan fingerprint density at radius 2 is 2.00 bits per heavy atom. The number of nitro benzene ring substituents is 1. The summed E-state index contributed by atoms with van der Waals surface area (Å²) in [6.07, 6.45) is 0. The van der Waals surface area contributed by atoms with Gasteiger partial charge in [0.2, 0.25) is 0 Å². The van der Waals surface area contributed by atoms with Gasteiger partial charge in [-0.1, -0.05) is 15.9 Å². The van der Waals surface area contributed by atoms with Crippen LogP contribution in [0.1, 0.15) is 11.1 Å². The van der Waals surface area contributed by atoms with Crippen molar-refractivity contribution in [2.45, 2.75) is 12.3 Å². The van der Waals surface area contributed by atoms with E-state index in [1.807, 2.05) is 0 Å². The van der Waals surface area contributed by atoms with Gasteiger partial charge in [0.15, 0.2) is 0 Å². The van der Waals surface area contributed by atoms with Crippen LogP contribution < -0.4 is 4.74 Å². The summed E-state index contributed by atoms with van der Waals surface area (Å²) in [4.78, 5) is 10.3. The Labute approximate surface area is 123 Å². The van der Waals surface area contributed by atoms with E-state index in [1.165, 1.54) is 30.3 Å². The Morgan fingerprint density at radius 1 is 1.25 bits per heavy atom.